The third-order valence-electron chi connectivity index (χ3n) is 6.46. The number of carbonyl (C=O) groups excluding carboxylic acids is 1. The summed E-state index contributed by atoms with van der Waals surface area (Å²) in [5, 5.41) is 3.34. The molecular formula is C21H33N5O. The SMILES string of the molecule is O=C([C@@H]1CCCN(C2CCN(Cc3ccncc3)CC2)C1)N1CCNCC1. The Bertz CT molecular complexity index is 596. The molecule has 1 amide bonds. The molecule has 148 valence electrons. The predicted molar refractivity (Wildman–Crippen MR) is 106 cm³/mol. The molecule has 0 aromatic carbocycles. The number of hydrogen-bond donors (Lipinski definition) is 1. The van der Waals surface area contributed by atoms with Gasteiger partial charge in [-0.05, 0) is 63.0 Å². The molecule has 0 saturated carbocycles. The fourth-order valence-electron chi connectivity index (χ4n) is 4.87. The van der Waals surface area contributed by atoms with E-state index in [9.17, 15) is 4.79 Å². The van der Waals surface area contributed by atoms with Gasteiger partial charge in [-0.3, -0.25) is 19.6 Å². The van der Waals surface area contributed by atoms with Crippen LogP contribution in [0.15, 0.2) is 24.5 Å². The minimum Gasteiger partial charge on any atom is -0.340 e. The standard InChI is InChI=1S/C21H33N5O/c27-21(25-14-9-23-10-15-25)19-2-1-11-26(17-19)20-5-12-24(13-6-20)16-18-3-7-22-8-4-18/h3-4,7-8,19-20,23H,1-2,5-6,9-17H2/t19-/m1/s1. The number of piperidine rings is 2. The lowest BCUT2D eigenvalue weighted by Crippen LogP contribution is -2.53. The zero-order valence-corrected chi connectivity index (χ0v) is 16.4. The highest BCUT2D eigenvalue weighted by Gasteiger charge is 2.33. The first kappa shape index (κ1) is 18.8. The van der Waals surface area contributed by atoms with Gasteiger partial charge in [0.15, 0.2) is 0 Å². The fraction of sp³-hybridized carbons (Fsp3) is 0.714. The van der Waals surface area contributed by atoms with Crippen LogP contribution in [0.2, 0.25) is 0 Å². The molecular weight excluding hydrogens is 338 g/mol. The molecule has 3 aliphatic heterocycles. The van der Waals surface area contributed by atoms with Crippen molar-refractivity contribution in [3.05, 3.63) is 30.1 Å². The van der Waals surface area contributed by atoms with Crippen LogP contribution in [0.1, 0.15) is 31.2 Å². The lowest BCUT2D eigenvalue weighted by molar-refractivity contribution is -0.138. The molecule has 6 heteroatoms. The van der Waals surface area contributed by atoms with E-state index in [2.05, 4.69) is 37.1 Å². The van der Waals surface area contributed by atoms with Gasteiger partial charge in [0.2, 0.25) is 5.91 Å². The minimum atomic E-state index is 0.215. The van der Waals surface area contributed by atoms with Crippen LogP contribution in [0.4, 0.5) is 0 Å². The molecule has 0 spiro atoms. The van der Waals surface area contributed by atoms with Crippen molar-refractivity contribution < 1.29 is 4.79 Å². The van der Waals surface area contributed by atoms with E-state index >= 15 is 0 Å². The van der Waals surface area contributed by atoms with Crippen molar-refractivity contribution in [1.82, 2.24) is 25.0 Å². The van der Waals surface area contributed by atoms with Gasteiger partial charge in [0.05, 0.1) is 5.92 Å². The molecule has 4 rings (SSSR count). The summed E-state index contributed by atoms with van der Waals surface area (Å²) >= 11 is 0. The van der Waals surface area contributed by atoms with Crippen LogP contribution >= 0.6 is 0 Å². The van der Waals surface area contributed by atoms with Gasteiger partial charge in [-0.1, -0.05) is 0 Å². The summed E-state index contributed by atoms with van der Waals surface area (Å²) in [4.78, 5) is 24.3. The Kier molecular flexibility index (Phi) is 6.37. The quantitative estimate of drug-likeness (QED) is 0.862. The van der Waals surface area contributed by atoms with Gasteiger partial charge in [0.1, 0.15) is 0 Å². The molecule has 1 N–H and O–H groups in total. The first-order valence-electron chi connectivity index (χ1n) is 10.6. The largest absolute Gasteiger partial charge is 0.340 e. The number of nitrogens with one attached hydrogen (secondary N) is 1. The average molecular weight is 372 g/mol. The van der Waals surface area contributed by atoms with Gasteiger partial charge in [0.25, 0.3) is 0 Å². The van der Waals surface area contributed by atoms with Crippen LogP contribution in [-0.4, -0.2) is 84.0 Å². The third-order valence-corrected chi connectivity index (χ3v) is 6.46. The monoisotopic (exact) mass is 371 g/mol. The molecule has 3 saturated heterocycles. The van der Waals surface area contributed by atoms with Gasteiger partial charge in [-0.15, -0.1) is 0 Å². The van der Waals surface area contributed by atoms with E-state index in [1.165, 1.54) is 31.4 Å². The van der Waals surface area contributed by atoms with Crippen LogP contribution in [0, 0.1) is 5.92 Å². The molecule has 4 heterocycles. The molecule has 27 heavy (non-hydrogen) atoms. The Labute approximate surface area is 162 Å². The second kappa shape index (κ2) is 9.13. The molecule has 0 unspecified atom stereocenters. The van der Waals surface area contributed by atoms with Crippen LogP contribution in [0.25, 0.3) is 0 Å². The normalized spacial score (nSPS) is 26.2. The van der Waals surface area contributed by atoms with Gasteiger partial charge in [0, 0.05) is 57.7 Å². The maximum atomic E-state index is 12.9. The van der Waals surface area contributed by atoms with Gasteiger partial charge >= 0.3 is 0 Å². The van der Waals surface area contributed by atoms with Crippen molar-refractivity contribution in [2.45, 2.75) is 38.3 Å². The topological polar surface area (TPSA) is 51.7 Å². The van der Waals surface area contributed by atoms with E-state index in [1.807, 2.05) is 12.4 Å². The number of aromatic nitrogens is 1. The smallest absolute Gasteiger partial charge is 0.227 e. The first-order chi connectivity index (χ1) is 13.3. The second-order valence-corrected chi connectivity index (χ2v) is 8.27. The molecule has 0 radical (unpaired) electrons. The number of amides is 1. The Balaban J connectivity index is 1.26. The molecule has 1 atom stereocenters. The van der Waals surface area contributed by atoms with Crippen molar-refractivity contribution in [3.8, 4) is 0 Å². The number of likely N-dealkylation sites (tertiary alicyclic amines) is 2. The Morgan fingerprint density at radius 1 is 1.04 bits per heavy atom. The summed E-state index contributed by atoms with van der Waals surface area (Å²) in [5.74, 6) is 0.614. The minimum absolute atomic E-state index is 0.215. The van der Waals surface area contributed by atoms with E-state index in [4.69, 9.17) is 0 Å². The van der Waals surface area contributed by atoms with Crippen molar-refractivity contribution in [1.29, 1.82) is 0 Å². The van der Waals surface area contributed by atoms with Crippen molar-refractivity contribution in [2.24, 2.45) is 5.92 Å². The summed E-state index contributed by atoms with van der Waals surface area (Å²) in [6, 6.07) is 4.88. The summed E-state index contributed by atoms with van der Waals surface area (Å²) in [6.07, 6.45) is 8.44. The van der Waals surface area contributed by atoms with E-state index < -0.39 is 0 Å². The van der Waals surface area contributed by atoms with Crippen molar-refractivity contribution >= 4 is 5.91 Å². The van der Waals surface area contributed by atoms with E-state index in [1.54, 1.807) is 0 Å². The lowest BCUT2D eigenvalue weighted by atomic mass is 9.92. The molecule has 3 aliphatic rings. The van der Waals surface area contributed by atoms with Crippen molar-refractivity contribution in [2.75, 3.05) is 52.4 Å². The number of hydrogen-bond acceptors (Lipinski definition) is 5. The Morgan fingerprint density at radius 3 is 2.52 bits per heavy atom. The van der Waals surface area contributed by atoms with Gasteiger partial charge < -0.3 is 10.2 Å². The molecule has 0 aliphatic carbocycles. The summed E-state index contributed by atoms with van der Waals surface area (Å²) in [7, 11) is 0. The third kappa shape index (κ3) is 4.86. The van der Waals surface area contributed by atoms with Crippen LogP contribution in [-0.2, 0) is 11.3 Å². The van der Waals surface area contributed by atoms with E-state index in [-0.39, 0.29) is 5.92 Å². The molecule has 1 aromatic heterocycles. The zero-order valence-electron chi connectivity index (χ0n) is 16.4. The number of carbonyl (C=O) groups is 1. The number of pyridine rings is 1. The van der Waals surface area contributed by atoms with Gasteiger partial charge in [-0.2, -0.15) is 0 Å². The van der Waals surface area contributed by atoms with Crippen molar-refractivity contribution in [3.63, 3.8) is 0 Å². The van der Waals surface area contributed by atoms with E-state index in [0.717, 1.165) is 58.8 Å². The number of piperazine rings is 1. The Hall–Kier alpha value is -1.50. The maximum absolute atomic E-state index is 12.9. The summed E-state index contributed by atoms with van der Waals surface area (Å²) < 4.78 is 0. The highest BCUT2D eigenvalue weighted by molar-refractivity contribution is 5.79. The zero-order chi connectivity index (χ0) is 18.5. The van der Waals surface area contributed by atoms with Crippen LogP contribution in [0.3, 0.4) is 0 Å². The fourth-order valence-corrected chi connectivity index (χ4v) is 4.87. The maximum Gasteiger partial charge on any atom is 0.227 e. The average Bonchev–Trinajstić information content (AvgIpc) is 2.75. The van der Waals surface area contributed by atoms with Crippen LogP contribution in [0.5, 0.6) is 0 Å². The Morgan fingerprint density at radius 2 is 1.78 bits per heavy atom. The molecule has 3 fully saturated rings. The molecule has 6 nitrogen and oxygen atoms in total. The second-order valence-electron chi connectivity index (χ2n) is 8.27. The first-order valence-corrected chi connectivity index (χ1v) is 10.6. The van der Waals surface area contributed by atoms with E-state index in [0.29, 0.717) is 11.9 Å². The predicted octanol–water partition coefficient (Wildman–Crippen LogP) is 1.19. The number of rotatable bonds is 4. The number of nitrogens with zero attached hydrogens (tertiary/aromatic N) is 4. The highest BCUT2D eigenvalue weighted by Crippen LogP contribution is 2.25. The molecule has 1 aromatic rings. The van der Waals surface area contributed by atoms with Crippen LogP contribution < -0.4 is 5.32 Å². The molecule has 0 bridgehead atoms. The highest BCUT2D eigenvalue weighted by atomic mass is 16.2. The van der Waals surface area contributed by atoms with Gasteiger partial charge in [-0.25, -0.2) is 0 Å². The summed E-state index contributed by atoms with van der Waals surface area (Å²) in [6.45, 7) is 9.11. The summed E-state index contributed by atoms with van der Waals surface area (Å²) in [5.41, 5.74) is 1.35. The lowest BCUT2D eigenvalue weighted by Gasteiger charge is -2.43.